The zero-order valence-electron chi connectivity index (χ0n) is 17.6. The average Bonchev–Trinajstić information content (AvgIpc) is 3.20. The standard InChI is InChI=1S/C26H31N3O/c30-26(27-18-23-9-6-15-28-14-5-4-10-24(23)28)22-11-12-25-21(17-22)13-16-29(25)19-20-7-2-1-3-8-20/h1-3,7-8,11-13,16-17,23-24H,4-6,9-10,14-15,18-19H2,(H,27,30)/t23-,24+/m0/s1. The van der Waals surface area contributed by atoms with E-state index in [9.17, 15) is 4.79 Å². The minimum Gasteiger partial charge on any atom is -0.352 e. The molecule has 4 nitrogen and oxygen atoms in total. The van der Waals surface area contributed by atoms with E-state index < -0.39 is 0 Å². The topological polar surface area (TPSA) is 37.3 Å². The van der Waals surface area contributed by atoms with E-state index in [4.69, 9.17) is 0 Å². The van der Waals surface area contributed by atoms with Crippen LogP contribution in [0.5, 0.6) is 0 Å². The van der Waals surface area contributed by atoms with Crippen LogP contribution in [0.3, 0.4) is 0 Å². The van der Waals surface area contributed by atoms with Gasteiger partial charge < -0.3 is 14.8 Å². The van der Waals surface area contributed by atoms with Crippen molar-refractivity contribution >= 4 is 16.8 Å². The second kappa shape index (κ2) is 8.65. The molecule has 2 aliphatic heterocycles. The summed E-state index contributed by atoms with van der Waals surface area (Å²) in [5.41, 5.74) is 3.21. The first-order valence-electron chi connectivity index (χ1n) is 11.4. The zero-order valence-corrected chi connectivity index (χ0v) is 17.6. The highest BCUT2D eigenvalue weighted by atomic mass is 16.1. The molecule has 2 aromatic carbocycles. The van der Waals surface area contributed by atoms with Crippen LogP contribution in [0.2, 0.25) is 0 Å². The number of hydrogen-bond donors (Lipinski definition) is 1. The molecule has 0 saturated carbocycles. The number of fused-ring (bicyclic) bond motifs is 2. The van der Waals surface area contributed by atoms with E-state index in [0.717, 1.165) is 24.0 Å². The van der Waals surface area contributed by atoms with Crippen LogP contribution in [0, 0.1) is 5.92 Å². The van der Waals surface area contributed by atoms with E-state index >= 15 is 0 Å². The molecule has 2 atom stereocenters. The fourth-order valence-electron chi connectivity index (χ4n) is 5.40. The van der Waals surface area contributed by atoms with Gasteiger partial charge in [0.2, 0.25) is 0 Å². The summed E-state index contributed by atoms with van der Waals surface area (Å²) in [4.78, 5) is 15.5. The lowest BCUT2D eigenvalue weighted by Gasteiger charge is -2.44. The first-order chi connectivity index (χ1) is 14.8. The zero-order chi connectivity index (χ0) is 20.3. The molecule has 0 bridgehead atoms. The van der Waals surface area contributed by atoms with Crippen molar-refractivity contribution in [1.29, 1.82) is 0 Å². The highest BCUT2D eigenvalue weighted by Gasteiger charge is 2.32. The lowest BCUT2D eigenvalue weighted by Crippen LogP contribution is -2.51. The minimum absolute atomic E-state index is 0.0562. The Balaban J connectivity index is 1.25. The molecule has 5 rings (SSSR count). The number of aromatic nitrogens is 1. The summed E-state index contributed by atoms with van der Waals surface area (Å²) in [5.74, 6) is 0.652. The second-order valence-electron chi connectivity index (χ2n) is 8.91. The van der Waals surface area contributed by atoms with Crippen molar-refractivity contribution in [3.05, 3.63) is 71.9 Å². The Morgan fingerprint density at radius 1 is 0.967 bits per heavy atom. The Morgan fingerprint density at radius 3 is 2.73 bits per heavy atom. The van der Waals surface area contributed by atoms with Crippen LogP contribution in [-0.2, 0) is 6.54 Å². The van der Waals surface area contributed by atoms with Gasteiger partial charge in [0, 0.05) is 41.8 Å². The largest absolute Gasteiger partial charge is 0.352 e. The van der Waals surface area contributed by atoms with Crippen LogP contribution < -0.4 is 5.32 Å². The quantitative estimate of drug-likeness (QED) is 0.674. The van der Waals surface area contributed by atoms with Crippen molar-refractivity contribution in [1.82, 2.24) is 14.8 Å². The van der Waals surface area contributed by atoms with E-state index in [0.29, 0.717) is 12.0 Å². The van der Waals surface area contributed by atoms with Gasteiger partial charge in [-0.25, -0.2) is 0 Å². The number of hydrogen-bond acceptors (Lipinski definition) is 2. The molecule has 4 heteroatoms. The summed E-state index contributed by atoms with van der Waals surface area (Å²) in [5, 5.41) is 4.36. The highest BCUT2D eigenvalue weighted by Crippen LogP contribution is 2.30. The number of rotatable bonds is 5. The molecule has 156 valence electrons. The minimum atomic E-state index is 0.0562. The van der Waals surface area contributed by atoms with Crippen LogP contribution in [-0.4, -0.2) is 41.1 Å². The maximum atomic E-state index is 12.9. The molecular weight excluding hydrogens is 370 g/mol. The van der Waals surface area contributed by atoms with E-state index in [1.54, 1.807) is 0 Å². The molecule has 3 aromatic rings. The van der Waals surface area contributed by atoms with Gasteiger partial charge in [-0.05, 0) is 74.5 Å². The molecule has 0 spiro atoms. The summed E-state index contributed by atoms with van der Waals surface area (Å²) < 4.78 is 2.24. The van der Waals surface area contributed by atoms with Crippen molar-refractivity contribution in [2.45, 2.75) is 44.7 Å². The summed E-state index contributed by atoms with van der Waals surface area (Å²) in [6, 6.07) is 19.3. The molecule has 30 heavy (non-hydrogen) atoms. The van der Waals surface area contributed by atoms with Crippen LogP contribution >= 0.6 is 0 Å². The fourth-order valence-corrected chi connectivity index (χ4v) is 5.40. The van der Waals surface area contributed by atoms with Crippen LogP contribution in [0.25, 0.3) is 10.9 Å². The molecule has 2 saturated heterocycles. The number of carbonyl (C=O) groups excluding carboxylic acids is 1. The van der Waals surface area contributed by atoms with Gasteiger partial charge in [-0.2, -0.15) is 0 Å². The average molecular weight is 402 g/mol. The van der Waals surface area contributed by atoms with Crippen LogP contribution in [0.4, 0.5) is 0 Å². The predicted molar refractivity (Wildman–Crippen MR) is 122 cm³/mol. The maximum absolute atomic E-state index is 12.9. The Kier molecular flexibility index (Phi) is 5.58. The van der Waals surface area contributed by atoms with Gasteiger partial charge in [0.25, 0.3) is 5.91 Å². The van der Waals surface area contributed by atoms with Gasteiger partial charge in [-0.3, -0.25) is 4.79 Å². The van der Waals surface area contributed by atoms with Crippen LogP contribution in [0.15, 0.2) is 60.8 Å². The molecule has 0 aliphatic carbocycles. The second-order valence-corrected chi connectivity index (χ2v) is 8.91. The Hall–Kier alpha value is -2.59. The van der Waals surface area contributed by atoms with Crippen molar-refractivity contribution < 1.29 is 4.79 Å². The molecule has 2 fully saturated rings. The molecular formula is C26H31N3O. The summed E-state index contributed by atoms with van der Waals surface area (Å²) in [6.07, 6.45) is 8.57. The number of piperidine rings is 2. The number of benzene rings is 2. The fraction of sp³-hybridized carbons (Fsp3) is 0.423. The molecule has 0 unspecified atom stereocenters. The van der Waals surface area contributed by atoms with E-state index in [1.165, 1.54) is 56.3 Å². The van der Waals surface area contributed by atoms with Crippen molar-refractivity contribution in [3.8, 4) is 0 Å². The van der Waals surface area contributed by atoms with Gasteiger partial charge in [-0.15, -0.1) is 0 Å². The molecule has 1 amide bonds. The number of nitrogens with one attached hydrogen (secondary N) is 1. The molecule has 1 N–H and O–H groups in total. The lowest BCUT2D eigenvalue weighted by molar-refractivity contribution is 0.0575. The Morgan fingerprint density at radius 2 is 1.83 bits per heavy atom. The smallest absolute Gasteiger partial charge is 0.251 e. The van der Waals surface area contributed by atoms with E-state index in [2.05, 4.69) is 57.4 Å². The van der Waals surface area contributed by atoms with Crippen molar-refractivity contribution in [3.63, 3.8) is 0 Å². The monoisotopic (exact) mass is 401 g/mol. The summed E-state index contributed by atoms with van der Waals surface area (Å²) in [6.45, 7) is 4.13. The van der Waals surface area contributed by atoms with Crippen molar-refractivity contribution in [2.24, 2.45) is 5.92 Å². The first-order valence-corrected chi connectivity index (χ1v) is 11.4. The first kappa shape index (κ1) is 19.4. The van der Waals surface area contributed by atoms with Crippen LogP contribution in [0.1, 0.15) is 48.0 Å². The summed E-state index contributed by atoms with van der Waals surface area (Å²) >= 11 is 0. The Bertz CT molecular complexity index is 1010. The highest BCUT2D eigenvalue weighted by molar-refractivity contribution is 5.98. The lowest BCUT2D eigenvalue weighted by atomic mass is 9.83. The third kappa shape index (κ3) is 4.01. The van der Waals surface area contributed by atoms with E-state index in [1.807, 2.05) is 18.2 Å². The Labute approximate surface area is 178 Å². The predicted octanol–water partition coefficient (Wildman–Crippen LogP) is 4.68. The maximum Gasteiger partial charge on any atom is 0.251 e. The SMILES string of the molecule is O=C(NC[C@@H]1CCCN2CCCC[C@H]12)c1ccc2c(ccn2Cc2ccccc2)c1. The molecule has 1 aromatic heterocycles. The third-order valence-electron chi connectivity index (χ3n) is 6.98. The summed E-state index contributed by atoms with van der Waals surface area (Å²) in [7, 11) is 0. The molecule has 0 radical (unpaired) electrons. The molecule has 2 aliphatic rings. The molecule has 3 heterocycles. The van der Waals surface area contributed by atoms with Gasteiger partial charge >= 0.3 is 0 Å². The van der Waals surface area contributed by atoms with Gasteiger partial charge in [0.1, 0.15) is 0 Å². The van der Waals surface area contributed by atoms with Crippen molar-refractivity contribution in [2.75, 3.05) is 19.6 Å². The number of nitrogens with zero attached hydrogens (tertiary/aromatic N) is 2. The number of amides is 1. The number of carbonyl (C=O) groups is 1. The van der Waals surface area contributed by atoms with Gasteiger partial charge in [-0.1, -0.05) is 36.8 Å². The third-order valence-corrected chi connectivity index (χ3v) is 6.98. The normalized spacial score (nSPS) is 22.0. The van der Waals surface area contributed by atoms with Gasteiger partial charge in [0.15, 0.2) is 0 Å². The van der Waals surface area contributed by atoms with E-state index in [-0.39, 0.29) is 5.91 Å². The van der Waals surface area contributed by atoms with Gasteiger partial charge in [0.05, 0.1) is 0 Å².